The zero-order valence-corrected chi connectivity index (χ0v) is 14.1. The third kappa shape index (κ3) is 4.62. The lowest BCUT2D eigenvalue weighted by Gasteiger charge is -2.31. The average Bonchev–Trinajstić information content (AvgIpc) is 2.62. The van der Waals surface area contributed by atoms with Crippen LogP contribution in [0.15, 0.2) is 54.2 Å². The number of sulfonamides is 1. The number of hydrogen-bond donors (Lipinski definition) is 1. The van der Waals surface area contributed by atoms with E-state index in [1.165, 1.54) is 5.41 Å². The van der Waals surface area contributed by atoms with E-state index in [2.05, 4.69) is 19.6 Å². The van der Waals surface area contributed by atoms with Crippen molar-refractivity contribution in [1.82, 2.24) is 14.7 Å². The summed E-state index contributed by atoms with van der Waals surface area (Å²) in [6, 6.07) is 11.1. The molecule has 1 aromatic heterocycles. The predicted molar refractivity (Wildman–Crippen MR) is 94.8 cm³/mol. The summed E-state index contributed by atoms with van der Waals surface area (Å²) in [6.07, 6.45) is 6.50. The van der Waals surface area contributed by atoms with Gasteiger partial charge in [0.2, 0.25) is 16.0 Å². The van der Waals surface area contributed by atoms with Crippen molar-refractivity contribution in [2.45, 2.75) is 18.9 Å². The van der Waals surface area contributed by atoms with Gasteiger partial charge in [-0.25, -0.2) is 23.1 Å². The van der Waals surface area contributed by atoms with E-state index in [4.69, 9.17) is 0 Å². The van der Waals surface area contributed by atoms with Crippen LogP contribution < -0.4 is 9.62 Å². The second kappa shape index (κ2) is 7.55. The number of rotatable bonds is 5. The summed E-state index contributed by atoms with van der Waals surface area (Å²) in [6.45, 7) is 1.47. The molecule has 3 rings (SSSR count). The molecule has 0 bridgehead atoms. The van der Waals surface area contributed by atoms with Gasteiger partial charge in [-0.2, -0.15) is 0 Å². The number of nitrogens with one attached hydrogen (secondary N) is 1. The summed E-state index contributed by atoms with van der Waals surface area (Å²) >= 11 is 0. The van der Waals surface area contributed by atoms with Crippen LogP contribution in [0.1, 0.15) is 18.4 Å². The van der Waals surface area contributed by atoms with Crippen LogP contribution in [-0.2, 0) is 10.0 Å². The van der Waals surface area contributed by atoms with Crippen LogP contribution in [-0.4, -0.2) is 37.5 Å². The summed E-state index contributed by atoms with van der Waals surface area (Å²) in [5.41, 5.74) is 0.860. The van der Waals surface area contributed by atoms with Crippen LogP contribution in [0.25, 0.3) is 6.08 Å². The highest BCUT2D eigenvalue weighted by Crippen LogP contribution is 2.16. The van der Waals surface area contributed by atoms with Gasteiger partial charge in [0.05, 0.1) is 0 Å². The van der Waals surface area contributed by atoms with Gasteiger partial charge in [-0.05, 0) is 30.5 Å². The molecular weight excluding hydrogens is 324 g/mol. The number of piperidine rings is 1. The highest BCUT2D eigenvalue weighted by molar-refractivity contribution is 7.92. The first-order valence-corrected chi connectivity index (χ1v) is 9.44. The minimum atomic E-state index is -3.44. The zero-order valence-electron chi connectivity index (χ0n) is 13.2. The Morgan fingerprint density at radius 1 is 1.04 bits per heavy atom. The fourth-order valence-corrected chi connectivity index (χ4v) is 3.77. The lowest BCUT2D eigenvalue weighted by molar-refractivity contribution is 0.459. The van der Waals surface area contributed by atoms with Crippen molar-refractivity contribution in [2.24, 2.45) is 0 Å². The lowest BCUT2D eigenvalue weighted by Crippen LogP contribution is -2.44. The first kappa shape index (κ1) is 16.6. The van der Waals surface area contributed by atoms with Crippen LogP contribution in [0.5, 0.6) is 0 Å². The Balaban J connectivity index is 1.54. The SMILES string of the molecule is O=S(=O)(/C=C\c1ccccc1)NC1CCN(c2ncccn2)CC1. The molecule has 7 heteroatoms. The number of anilines is 1. The second-order valence-corrected chi connectivity index (χ2v) is 7.28. The van der Waals surface area contributed by atoms with Gasteiger partial charge < -0.3 is 4.90 Å². The predicted octanol–water partition coefficient (Wildman–Crippen LogP) is 2.04. The highest BCUT2D eigenvalue weighted by atomic mass is 32.2. The van der Waals surface area contributed by atoms with Crippen molar-refractivity contribution in [3.05, 3.63) is 59.8 Å². The van der Waals surface area contributed by atoms with E-state index in [1.807, 2.05) is 30.3 Å². The fourth-order valence-electron chi connectivity index (χ4n) is 2.66. The van der Waals surface area contributed by atoms with E-state index < -0.39 is 10.0 Å². The Kier molecular flexibility index (Phi) is 5.22. The Labute approximate surface area is 142 Å². The molecule has 0 radical (unpaired) electrons. The van der Waals surface area contributed by atoms with Crippen molar-refractivity contribution in [2.75, 3.05) is 18.0 Å². The molecule has 1 N–H and O–H groups in total. The maximum atomic E-state index is 12.2. The van der Waals surface area contributed by atoms with E-state index in [0.29, 0.717) is 5.95 Å². The normalized spacial score (nSPS) is 16.6. The molecule has 1 aliphatic rings. The third-order valence-electron chi connectivity index (χ3n) is 3.90. The average molecular weight is 344 g/mol. The van der Waals surface area contributed by atoms with Gasteiger partial charge in [-0.3, -0.25) is 0 Å². The highest BCUT2D eigenvalue weighted by Gasteiger charge is 2.23. The van der Waals surface area contributed by atoms with E-state index >= 15 is 0 Å². The minimum absolute atomic E-state index is 0.0598. The standard InChI is InChI=1S/C17H20N4O2S/c22-24(23,14-9-15-5-2-1-3-6-15)20-16-7-12-21(13-8-16)17-18-10-4-11-19-17/h1-6,9-11,14,16,20H,7-8,12-13H2/b14-9-. The van der Waals surface area contributed by atoms with Gasteiger partial charge in [-0.15, -0.1) is 0 Å². The number of hydrogen-bond acceptors (Lipinski definition) is 5. The number of aromatic nitrogens is 2. The molecule has 6 nitrogen and oxygen atoms in total. The third-order valence-corrected chi connectivity index (χ3v) is 5.06. The molecule has 1 aromatic carbocycles. The van der Waals surface area contributed by atoms with Gasteiger partial charge >= 0.3 is 0 Å². The topological polar surface area (TPSA) is 75.2 Å². The van der Waals surface area contributed by atoms with Gasteiger partial charge in [0, 0.05) is 36.9 Å². The van der Waals surface area contributed by atoms with Gasteiger partial charge in [0.1, 0.15) is 0 Å². The molecular formula is C17H20N4O2S. The summed E-state index contributed by atoms with van der Waals surface area (Å²) in [5, 5.41) is 1.23. The molecule has 2 aromatic rings. The van der Waals surface area contributed by atoms with Crippen molar-refractivity contribution in [1.29, 1.82) is 0 Å². The number of nitrogens with zero attached hydrogens (tertiary/aromatic N) is 3. The molecule has 0 atom stereocenters. The molecule has 1 saturated heterocycles. The zero-order chi connectivity index (χ0) is 16.8. The Morgan fingerprint density at radius 2 is 1.71 bits per heavy atom. The van der Waals surface area contributed by atoms with Crippen LogP contribution in [0.4, 0.5) is 5.95 Å². The Morgan fingerprint density at radius 3 is 2.38 bits per heavy atom. The Hall–Kier alpha value is -2.25. The van der Waals surface area contributed by atoms with Gasteiger partial charge in [0.15, 0.2) is 0 Å². The Bertz CT molecular complexity index is 771. The quantitative estimate of drug-likeness (QED) is 0.898. The molecule has 0 aliphatic carbocycles. The van der Waals surface area contributed by atoms with Crippen molar-refractivity contribution >= 4 is 22.0 Å². The summed E-state index contributed by atoms with van der Waals surface area (Å²) in [4.78, 5) is 10.5. The molecule has 126 valence electrons. The maximum absolute atomic E-state index is 12.2. The van der Waals surface area contributed by atoms with Gasteiger partial charge in [-0.1, -0.05) is 30.3 Å². The van der Waals surface area contributed by atoms with E-state index in [1.54, 1.807) is 24.5 Å². The summed E-state index contributed by atoms with van der Waals surface area (Å²) in [5.74, 6) is 0.697. The second-order valence-electron chi connectivity index (χ2n) is 5.69. The van der Waals surface area contributed by atoms with Crippen LogP contribution >= 0.6 is 0 Å². The molecule has 0 unspecified atom stereocenters. The van der Waals surface area contributed by atoms with Gasteiger partial charge in [0.25, 0.3) is 0 Å². The lowest BCUT2D eigenvalue weighted by atomic mass is 10.1. The molecule has 1 aliphatic heterocycles. The van der Waals surface area contributed by atoms with E-state index in [9.17, 15) is 8.42 Å². The molecule has 2 heterocycles. The van der Waals surface area contributed by atoms with E-state index in [-0.39, 0.29) is 6.04 Å². The first-order valence-electron chi connectivity index (χ1n) is 7.90. The fraction of sp³-hybridized carbons (Fsp3) is 0.294. The molecule has 0 spiro atoms. The monoisotopic (exact) mass is 344 g/mol. The van der Waals surface area contributed by atoms with Crippen LogP contribution in [0.3, 0.4) is 0 Å². The van der Waals surface area contributed by atoms with E-state index in [0.717, 1.165) is 31.5 Å². The van der Waals surface area contributed by atoms with Crippen molar-refractivity contribution < 1.29 is 8.42 Å². The van der Waals surface area contributed by atoms with Crippen LogP contribution in [0.2, 0.25) is 0 Å². The minimum Gasteiger partial charge on any atom is -0.341 e. The molecule has 0 saturated carbocycles. The summed E-state index contributed by atoms with van der Waals surface area (Å²) < 4.78 is 27.1. The smallest absolute Gasteiger partial charge is 0.233 e. The number of benzene rings is 1. The largest absolute Gasteiger partial charge is 0.341 e. The molecule has 1 fully saturated rings. The first-order chi connectivity index (χ1) is 11.6. The molecule has 24 heavy (non-hydrogen) atoms. The van der Waals surface area contributed by atoms with Crippen molar-refractivity contribution in [3.8, 4) is 0 Å². The summed E-state index contributed by atoms with van der Waals surface area (Å²) in [7, 11) is -3.44. The molecule has 0 amide bonds. The van der Waals surface area contributed by atoms with Crippen molar-refractivity contribution in [3.63, 3.8) is 0 Å². The maximum Gasteiger partial charge on any atom is 0.233 e. The van der Waals surface area contributed by atoms with Crippen LogP contribution in [0, 0.1) is 0 Å².